The molecule has 0 saturated heterocycles. The van der Waals surface area contributed by atoms with Gasteiger partial charge >= 0.3 is 0 Å². The number of aromatic nitrogens is 2. The number of rotatable bonds is 7. The van der Waals surface area contributed by atoms with Crippen molar-refractivity contribution in [3.63, 3.8) is 0 Å². The highest BCUT2D eigenvalue weighted by atomic mass is 16.2. The number of nitrogens with one attached hydrogen (secondary N) is 1. The molecule has 0 fully saturated rings. The van der Waals surface area contributed by atoms with Crippen molar-refractivity contribution in [1.29, 1.82) is 5.26 Å². The smallest absolute Gasteiger partial charge is 0.240 e. The van der Waals surface area contributed by atoms with Gasteiger partial charge in [-0.1, -0.05) is 26.7 Å². The summed E-state index contributed by atoms with van der Waals surface area (Å²) in [7, 11) is 0. The van der Waals surface area contributed by atoms with E-state index in [9.17, 15) is 10.1 Å². The molecule has 5 nitrogen and oxygen atoms in total. The molecule has 1 N–H and O–H groups in total. The highest BCUT2D eigenvalue weighted by Crippen LogP contribution is 2.29. The molecule has 0 aliphatic rings. The number of hydrogen-bond acceptors (Lipinski definition) is 4. The Morgan fingerprint density at radius 3 is 2.55 bits per heavy atom. The minimum Gasteiger partial charge on any atom is -0.349 e. The monoisotopic (exact) mass is 274 g/mol. The van der Waals surface area contributed by atoms with Gasteiger partial charge < -0.3 is 5.32 Å². The molecule has 0 aliphatic heterocycles. The van der Waals surface area contributed by atoms with Crippen LogP contribution in [-0.4, -0.2) is 15.9 Å². The van der Waals surface area contributed by atoms with Crippen LogP contribution in [-0.2, 0) is 11.3 Å². The number of hydrogen-bond donors (Lipinski definition) is 1. The second-order valence-corrected chi connectivity index (χ2v) is 4.97. The summed E-state index contributed by atoms with van der Waals surface area (Å²) in [6, 6.07) is 3.98. The van der Waals surface area contributed by atoms with Crippen LogP contribution >= 0.6 is 0 Å². The lowest BCUT2D eigenvalue weighted by Crippen LogP contribution is -2.40. The molecule has 1 heterocycles. The van der Waals surface area contributed by atoms with Crippen LogP contribution in [0.4, 0.5) is 0 Å². The van der Waals surface area contributed by atoms with Gasteiger partial charge in [0.2, 0.25) is 5.91 Å². The highest BCUT2D eigenvalue weighted by Gasteiger charge is 2.36. The summed E-state index contributed by atoms with van der Waals surface area (Å²) in [5.41, 5.74) is -0.156. The standard InChI is InChI=1S/C15H22N4O/c1-4-7-15(11-16,8-5-2)14(20)18-10-13-6-9-17-12(3)19-13/h6,9H,4-5,7-8,10H2,1-3H3,(H,18,20). The first-order valence-electron chi connectivity index (χ1n) is 7.06. The van der Waals surface area contributed by atoms with E-state index in [-0.39, 0.29) is 5.91 Å². The van der Waals surface area contributed by atoms with Crippen molar-refractivity contribution in [2.45, 2.75) is 53.0 Å². The van der Waals surface area contributed by atoms with Gasteiger partial charge in [0.25, 0.3) is 0 Å². The van der Waals surface area contributed by atoms with Gasteiger partial charge in [0, 0.05) is 6.20 Å². The maximum absolute atomic E-state index is 12.4. The third kappa shape index (κ3) is 4.02. The van der Waals surface area contributed by atoms with Gasteiger partial charge in [-0.05, 0) is 25.8 Å². The zero-order chi connectivity index (χ0) is 15.0. The Hall–Kier alpha value is -1.96. The summed E-state index contributed by atoms with van der Waals surface area (Å²) in [4.78, 5) is 20.6. The van der Waals surface area contributed by atoms with Crippen LogP contribution in [0.2, 0.25) is 0 Å². The Morgan fingerprint density at radius 1 is 1.40 bits per heavy atom. The molecule has 0 aromatic carbocycles. The first kappa shape index (κ1) is 16.1. The average Bonchev–Trinajstić information content (AvgIpc) is 2.44. The molecular weight excluding hydrogens is 252 g/mol. The van der Waals surface area contributed by atoms with Crippen LogP contribution in [0.1, 0.15) is 51.0 Å². The van der Waals surface area contributed by atoms with Crippen LogP contribution < -0.4 is 5.32 Å². The van der Waals surface area contributed by atoms with Gasteiger partial charge in [0.05, 0.1) is 18.3 Å². The van der Waals surface area contributed by atoms with Crippen LogP contribution in [0.5, 0.6) is 0 Å². The molecule has 1 rings (SSSR count). The van der Waals surface area contributed by atoms with Crippen molar-refractivity contribution >= 4 is 5.91 Å². The summed E-state index contributed by atoms with van der Waals surface area (Å²) in [5.74, 6) is 0.477. The molecule has 0 saturated carbocycles. The van der Waals surface area contributed by atoms with Crippen molar-refractivity contribution < 1.29 is 4.79 Å². The lowest BCUT2D eigenvalue weighted by molar-refractivity contribution is -0.129. The minimum absolute atomic E-state index is 0.194. The van der Waals surface area contributed by atoms with E-state index < -0.39 is 5.41 Å². The van der Waals surface area contributed by atoms with Crippen molar-refractivity contribution in [3.05, 3.63) is 23.8 Å². The second-order valence-electron chi connectivity index (χ2n) is 4.97. The lowest BCUT2D eigenvalue weighted by atomic mass is 9.80. The SMILES string of the molecule is CCCC(C#N)(CCC)C(=O)NCc1ccnc(C)n1. The van der Waals surface area contributed by atoms with Gasteiger partial charge in [-0.15, -0.1) is 0 Å². The minimum atomic E-state index is -0.911. The zero-order valence-electron chi connectivity index (χ0n) is 12.4. The van der Waals surface area contributed by atoms with Crippen molar-refractivity contribution in [3.8, 4) is 6.07 Å². The zero-order valence-corrected chi connectivity index (χ0v) is 12.4. The molecule has 20 heavy (non-hydrogen) atoms. The molecule has 0 spiro atoms. The third-order valence-electron chi connectivity index (χ3n) is 3.27. The van der Waals surface area contributed by atoms with Gasteiger partial charge in [0.1, 0.15) is 11.2 Å². The van der Waals surface area contributed by atoms with Crippen molar-refractivity contribution in [2.75, 3.05) is 0 Å². The van der Waals surface area contributed by atoms with Gasteiger partial charge in [-0.3, -0.25) is 4.79 Å². The summed E-state index contributed by atoms with van der Waals surface area (Å²) in [5, 5.41) is 12.2. The fraction of sp³-hybridized carbons (Fsp3) is 0.600. The Kier molecular flexibility index (Phi) is 6.10. The van der Waals surface area contributed by atoms with E-state index >= 15 is 0 Å². The molecule has 0 bridgehead atoms. The molecular formula is C15H22N4O. The fourth-order valence-corrected chi connectivity index (χ4v) is 2.31. The van der Waals surface area contributed by atoms with E-state index in [1.165, 1.54) is 0 Å². The van der Waals surface area contributed by atoms with E-state index in [1.54, 1.807) is 19.2 Å². The first-order chi connectivity index (χ1) is 9.57. The molecule has 5 heteroatoms. The Bertz CT molecular complexity index is 487. The normalized spacial score (nSPS) is 10.9. The second kappa shape index (κ2) is 7.59. The lowest BCUT2D eigenvalue weighted by Gasteiger charge is -2.24. The predicted molar refractivity (Wildman–Crippen MR) is 76.5 cm³/mol. The number of carbonyl (C=O) groups excluding carboxylic acids is 1. The quantitative estimate of drug-likeness (QED) is 0.828. The van der Waals surface area contributed by atoms with E-state index in [0.29, 0.717) is 25.2 Å². The Balaban J connectivity index is 2.74. The maximum atomic E-state index is 12.4. The first-order valence-corrected chi connectivity index (χ1v) is 7.06. The number of nitrogens with zero attached hydrogens (tertiary/aromatic N) is 3. The average molecular weight is 274 g/mol. The molecule has 0 radical (unpaired) electrons. The summed E-state index contributed by atoms with van der Waals surface area (Å²) in [6.45, 7) is 6.11. The van der Waals surface area contributed by atoms with E-state index in [1.807, 2.05) is 13.8 Å². The van der Waals surface area contributed by atoms with Crippen LogP contribution in [0.3, 0.4) is 0 Å². The van der Waals surface area contributed by atoms with E-state index in [2.05, 4.69) is 21.4 Å². The Morgan fingerprint density at radius 2 is 2.05 bits per heavy atom. The van der Waals surface area contributed by atoms with Crippen molar-refractivity contribution in [2.24, 2.45) is 5.41 Å². The molecule has 1 aromatic rings. The van der Waals surface area contributed by atoms with Gasteiger partial charge in [0.15, 0.2) is 0 Å². The van der Waals surface area contributed by atoms with Crippen molar-refractivity contribution in [1.82, 2.24) is 15.3 Å². The van der Waals surface area contributed by atoms with Crippen LogP contribution in [0.25, 0.3) is 0 Å². The maximum Gasteiger partial charge on any atom is 0.240 e. The third-order valence-corrected chi connectivity index (χ3v) is 3.27. The fourth-order valence-electron chi connectivity index (χ4n) is 2.31. The Labute approximate surface area is 120 Å². The van der Waals surface area contributed by atoms with Gasteiger partial charge in [-0.2, -0.15) is 5.26 Å². The molecule has 1 aromatic heterocycles. The number of nitriles is 1. The number of carbonyl (C=O) groups is 1. The highest BCUT2D eigenvalue weighted by molar-refractivity contribution is 5.85. The molecule has 108 valence electrons. The van der Waals surface area contributed by atoms with Crippen LogP contribution in [0, 0.1) is 23.7 Å². The van der Waals surface area contributed by atoms with E-state index in [4.69, 9.17) is 0 Å². The summed E-state index contributed by atoms with van der Waals surface area (Å²) >= 11 is 0. The predicted octanol–water partition coefficient (Wildman–Crippen LogP) is 2.51. The molecule has 0 unspecified atom stereocenters. The summed E-state index contributed by atoms with van der Waals surface area (Å²) < 4.78 is 0. The summed E-state index contributed by atoms with van der Waals surface area (Å²) in [6.07, 6.45) is 4.47. The van der Waals surface area contributed by atoms with E-state index in [0.717, 1.165) is 18.5 Å². The topological polar surface area (TPSA) is 78.7 Å². The van der Waals surface area contributed by atoms with Crippen LogP contribution in [0.15, 0.2) is 12.3 Å². The molecule has 0 atom stereocenters. The largest absolute Gasteiger partial charge is 0.349 e. The number of aryl methyl sites for hydroxylation is 1. The van der Waals surface area contributed by atoms with Gasteiger partial charge in [-0.25, -0.2) is 9.97 Å². The molecule has 0 aliphatic carbocycles. The number of amides is 1. The molecule has 1 amide bonds.